The molecule has 0 aliphatic heterocycles. The van der Waals surface area contributed by atoms with Crippen molar-refractivity contribution in [1.82, 2.24) is 5.32 Å². The molecule has 6 heteroatoms. The summed E-state index contributed by atoms with van der Waals surface area (Å²) in [5.74, 6) is -1.04. The number of carboxylic acid groups (broad SMARTS) is 1. The predicted octanol–water partition coefficient (Wildman–Crippen LogP) is 2.52. The second-order valence-corrected chi connectivity index (χ2v) is 5.38. The lowest BCUT2D eigenvalue weighted by Gasteiger charge is -2.26. The zero-order valence-corrected chi connectivity index (χ0v) is 12.9. The van der Waals surface area contributed by atoms with Crippen molar-refractivity contribution in [3.63, 3.8) is 0 Å². The Bertz CT molecular complexity index is 517. The third-order valence-electron chi connectivity index (χ3n) is 3.25. The lowest BCUT2D eigenvalue weighted by Crippen LogP contribution is -2.53. The third kappa shape index (κ3) is 4.37. The first-order valence-corrected chi connectivity index (χ1v) is 6.89. The minimum Gasteiger partial charge on any atom is -0.480 e. The number of carbonyl (C=O) groups is 2. The molecular formula is C15H23N3O3. The van der Waals surface area contributed by atoms with Gasteiger partial charge < -0.3 is 20.6 Å². The van der Waals surface area contributed by atoms with E-state index in [4.69, 9.17) is 0 Å². The molecule has 1 rings (SSSR count). The van der Waals surface area contributed by atoms with Gasteiger partial charge in [0, 0.05) is 14.1 Å². The average molecular weight is 293 g/mol. The second kappa shape index (κ2) is 6.97. The van der Waals surface area contributed by atoms with E-state index >= 15 is 0 Å². The zero-order valence-electron chi connectivity index (χ0n) is 12.9. The fourth-order valence-corrected chi connectivity index (χ4v) is 2.10. The summed E-state index contributed by atoms with van der Waals surface area (Å²) in [6.45, 7) is 3.39. The van der Waals surface area contributed by atoms with Crippen LogP contribution in [0.2, 0.25) is 0 Å². The Labute approximate surface area is 125 Å². The highest BCUT2D eigenvalue weighted by molar-refractivity contribution is 5.96. The molecule has 21 heavy (non-hydrogen) atoms. The fourth-order valence-electron chi connectivity index (χ4n) is 2.10. The van der Waals surface area contributed by atoms with E-state index in [0.717, 1.165) is 5.69 Å². The SMILES string of the molecule is CCCC(C)(NC(=O)Nc1ccccc1N(C)C)C(=O)O. The van der Waals surface area contributed by atoms with Gasteiger partial charge in [-0.25, -0.2) is 9.59 Å². The highest BCUT2D eigenvalue weighted by atomic mass is 16.4. The molecule has 6 nitrogen and oxygen atoms in total. The van der Waals surface area contributed by atoms with Crippen LogP contribution in [-0.2, 0) is 4.79 Å². The molecule has 116 valence electrons. The molecule has 0 radical (unpaired) electrons. The smallest absolute Gasteiger partial charge is 0.329 e. The number of urea groups is 1. The molecule has 0 bridgehead atoms. The van der Waals surface area contributed by atoms with Gasteiger partial charge >= 0.3 is 12.0 Å². The Balaban J connectivity index is 2.85. The number of aliphatic carboxylic acids is 1. The van der Waals surface area contributed by atoms with Crippen LogP contribution < -0.4 is 15.5 Å². The molecule has 1 atom stereocenters. The van der Waals surface area contributed by atoms with Crippen LogP contribution in [0.25, 0.3) is 0 Å². The maximum absolute atomic E-state index is 12.1. The van der Waals surface area contributed by atoms with Gasteiger partial charge in [-0.3, -0.25) is 0 Å². The number of anilines is 2. The summed E-state index contributed by atoms with van der Waals surface area (Å²) >= 11 is 0. The summed E-state index contributed by atoms with van der Waals surface area (Å²) < 4.78 is 0. The fraction of sp³-hybridized carbons (Fsp3) is 0.467. The molecule has 3 N–H and O–H groups in total. The van der Waals surface area contributed by atoms with Crippen LogP contribution in [0.1, 0.15) is 26.7 Å². The number of benzene rings is 1. The zero-order chi connectivity index (χ0) is 16.0. The van der Waals surface area contributed by atoms with Crippen molar-refractivity contribution in [2.75, 3.05) is 24.3 Å². The average Bonchev–Trinajstić information content (AvgIpc) is 2.38. The van der Waals surface area contributed by atoms with E-state index < -0.39 is 17.5 Å². The van der Waals surface area contributed by atoms with Crippen LogP contribution in [-0.4, -0.2) is 36.7 Å². The summed E-state index contributed by atoms with van der Waals surface area (Å²) in [4.78, 5) is 25.3. The summed E-state index contributed by atoms with van der Waals surface area (Å²) in [5.41, 5.74) is 0.204. The first-order chi connectivity index (χ1) is 9.80. The van der Waals surface area contributed by atoms with Crippen LogP contribution in [0.3, 0.4) is 0 Å². The molecular weight excluding hydrogens is 270 g/mol. The lowest BCUT2D eigenvalue weighted by atomic mass is 9.97. The van der Waals surface area contributed by atoms with Gasteiger partial charge in [0.1, 0.15) is 5.54 Å². The number of amides is 2. The molecule has 0 fully saturated rings. The van der Waals surface area contributed by atoms with Gasteiger partial charge in [0.15, 0.2) is 0 Å². The molecule has 1 aromatic carbocycles. The van der Waals surface area contributed by atoms with Crippen LogP contribution in [0.15, 0.2) is 24.3 Å². The van der Waals surface area contributed by atoms with Gasteiger partial charge in [-0.15, -0.1) is 0 Å². The third-order valence-corrected chi connectivity index (χ3v) is 3.25. The van der Waals surface area contributed by atoms with Crippen molar-refractivity contribution in [2.24, 2.45) is 0 Å². The largest absolute Gasteiger partial charge is 0.480 e. The van der Waals surface area contributed by atoms with E-state index in [9.17, 15) is 14.7 Å². The Morgan fingerprint density at radius 2 is 1.90 bits per heavy atom. The molecule has 1 aromatic rings. The van der Waals surface area contributed by atoms with E-state index in [1.54, 1.807) is 6.07 Å². The van der Waals surface area contributed by atoms with Crippen molar-refractivity contribution < 1.29 is 14.7 Å². The normalized spacial score (nSPS) is 13.1. The number of carboxylic acids is 1. The van der Waals surface area contributed by atoms with Crippen LogP contribution >= 0.6 is 0 Å². The standard InChI is InChI=1S/C15H23N3O3/c1-5-10-15(2,13(19)20)17-14(21)16-11-8-6-7-9-12(11)18(3)4/h6-9H,5,10H2,1-4H3,(H,19,20)(H2,16,17,21). The van der Waals surface area contributed by atoms with E-state index in [-0.39, 0.29) is 0 Å². The van der Waals surface area contributed by atoms with Crippen LogP contribution in [0, 0.1) is 0 Å². The van der Waals surface area contributed by atoms with Crippen LogP contribution in [0.5, 0.6) is 0 Å². The van der Waals surface area contributed by atoms with E-state index in [2.05, 4.69) is 10.6 Å². The monoisotopic (exact) mass is 293 g/mol. The summed E-state index contributed by atoms with van der Waals surface area (Å²) in [5, 5.41) is 14.5. The molecule has 0 aliphatic carbocycles. The Hall–Kier alpha value is -2.24. The van der Waals surface area contributed by atoms with Crippen LogP contribution in [0.4, 0.5) is 16.2 Å². The summed E-state index contributed by atoms with van der Waals surface area (Å²) in [7, 11) is 3.74. The predicted molar refractivity (Wildman–Crippen MR) is 83.9 cm³/mol. The minimum atomic E-state index is -1.27. The van der Waals surface area contributed by atoms with Gasteiger partial charge in [-0.05, 0) is 25.5 Å². The molecule has 2 amide bonds. The molecule has 0 saturated carbocycles. The van der Waals surface area contributed by atoms with Gasteiger partial charge in [0.05, 0.1) is 11.4 Å². The number of carbonyl (C=O) groups excluding carboxylic acids is 1. The molecule has 0 heterocycles. The first-order valence-electron chi connectivity index (χ1n) is 6.89. The molecule has 1 unspecified atom stereocenters. The number of rotatable bonds is 6. The summed E-state index contributed by atoms with van der Waals surface area (Å²) in [6.07, 6.45) is 1.03. The van der Waals surface area contributed by atoms with E-state index in [0.29, 0.717) is 18.5 Å². The maximum atomic E-state index is 12.1. The van der Waals surface area contributed by atoms with Gasteiger partial charge in [-0.2, -0.15) is 0 Å². The maximum Gasteiger partial charge on any atom is 0.329 e. The Kier molecular flexibility index (Phi) is 5.58. The highest BCUT2D eigenvalue weighted by Gasteiger charge is 2.33. The van der Waals surface area contributed by atoms with Gasteiger partial charge in [-0.1, -0.05) is 25.5 Å². The minimum absolute atomic E-state index is 0.366. The van der Waals surface area contributed by atoms with Crippen molar-refractivity contribution in [1.29, 1.82) is 0 Å². The van der Waals surface area contributed by atoms with Crippen molar-refractivity contribution in [3.8, 4) is 0 Å². The van der Waals surface area contributed by atoms with Crippen molar-refractivity contribution in [2.45, 2.75) is 32.2 Å². The molecule has 0 spiro atoms. The second-order valence-electron chi connectivity index (χ2n) is 5.38. The quantitative estimate of drug-likeness (QED) is 0.752. The number of hydrogen-bond acceptors (Lipinski definition) is 3. The molecule has 0 aliphatic rings. The topological polar surface area (TPSA) is 81.7 Å². The number of nitrogens with zero attached hydrogens (tertiary/aromatic N) is 1. The Morgan fingerprint density at radius 3 is 2.43 bits per heavy atom. The number of para-hydroxylation sites is 2. The first kappa shape index (κ1) is 16.8. The molecule has 0 aromatic heterocycles. The van der Waals surface area contributed by atoms with Crippen molar-refractivity contribution in [3.05, 3.63) is 24.3 Å². The van der Waals surface area contributed by atoms with Gasteiger partial charge in [0.2, 0.25) is 0 Å². The van der Waals surface area contributed by atoms with Gasteiger partial charge in [0.25, 0.3) is 0 Å². The number of nitrogens with one attached hydrogen (secondary N) is 2. The highest BCUT2D eigenvalue weighted by Crippen LogP contribution is 2.23. The van der Waals surface area contributed by atoms with E-state index in [1.165, 1.54) is 6.92 Å². The molecule has 0 saturated heterocycles. The van der Waals surface area contributed by atoms with E-state index in [1.807, 2.05) is 44.1 Å². The summed E-state index contributed by atoms with van der Waals surface area (Å²) in [6, 6.07) is 6.80. The number of hydrogen-bond donors (Lipinski definition) is 3. The van der Waals surface area contributed by atoms with Crippen molar-refractivity contribution >= 4 is 23.4 Å². The Morgan fingerprint density at radius 1 is 1.29 bits per heavy atom. The lowest BCUT2D eigenvalue weighted by molar-refractivity contribution is -0.143.